The molecule has 0 aliphatic heterocycles. The highest BCUT2D eigenvalue weighted by Gasteiger charge is 2.05. The lowest BCUT2D eigenvalue weighted by atomic mass is 10.3. The fourth-order valence-electron chi connectivity index (χ4n) is 1.40. The summed E-state index contributed by atoms with van der Waals surface area (Å²) in [5.74, 6) is 0. The van der Waals surface area contributed by atoms with Gasteiger partial charge < -0.3 is 10.2 Å². The van der Waals surface area contributed by atoms with Gasteiger partial charge in [0.2, 0.25) is 0 Å². The number of thiocarbonyl (C=S) groups is 1. The van der Waals surface area contributed by atoms with E-state index in [0.717, 1.165) is 30.3 Å². The summed E-state index contributed by atoms with van der Waals surface area (Å²) < 4.78 is 0. The number of hydrogen-bond acceptors (Lipinski definition) is 1. The predicted molar refractivity (Wildman–Crippen MR) is 70.2 cm³/mol. The Bertz CT molecular complexity index is 298. The van der Waals surface area contributed by atoms with E-state index >= 15 is 0 Å². The van der Waals surface area contributed by atoms with Gasteiger partial charge in [-0.2, -0.15) is 0 Å². The van der Waals surface area contributed by atoms with E-state index < -0.39 is 0 Å². The van der Waals surface area contributed by atoms with Gasteiger partial charge in [-0.1, -0.05) is 25.1 Å². The number of nitrogens with one attached hydrogen (secondary N) is 1. The molecule has 0 bridgehead atoms. The molecule has 0 saturated carbocycles. The van der Waals surface area contributed by atoms with E-state index in [2.05, 4.69) is 24.1 Å². The fraction of sp³-hybridized carbons (Fsp3) is 0.417. The Balaban J connectivity index is 2.54. The van der Waals surface area contributed by atoms with Gasteiger partial charge in [-0.3, -0.25) is 0 Å². The number of rotatable bonds is 4. The second-order valence-electron chi connectivity index (χ2n) is 3.38. The van der Waals surface area contributed by atoms with Crippen molar-refractivity contribution < 1.29 is 0 Å². The Morgan fingerprint density at radius 2 is 1.93 bits per heavy atom. The highest BCUT2D eigenvalue weighted by molar-refractivity contribution is 7.80. The van der Waals surface area contributed by atoms with Crippen LogP contribution in [-0.4, -0.2) is 23.1 Å². The van der Waals surface area contributed by atoms with Gasteiger partial charge in [0.05, 0.1) is 0 Å². The van der Waals surface area contributed by atoms with Crippen molar-refractivity contribution in [2.45, 2.75) is 20.3 Å². The van der Waals surface area contributed by atoms with Crippen molar-refractivity contribution in [2.24, 2.45) is 0 Å². The van der Waals surface area contributed by atoms with Crippen LogP contribution < -0.4 is 5.32 Å². The van der Waals surface area contributed by atoms with Crippen LogP contribution in [0.4, 0.5) is 5.69 Å². The molecule has 82 valence electrons. The monoisotopic (exact) mass is 222 g/mol. The molecule has 15 heavy (non-hydrogen) atoms. The minimum Gasteiger partial charge on any atom is -0.349 e. The molecule has 0 atom stereocenters. The number of para-hydroxylation sites is 1. The van der Waals surface area contributed by atoms with Crippen LogP contribution in [0.5, 0.6) is 0 Å². The molecule has 0 saturated heterocycles. The molecule has 0 unspecified atom stereocenters. The third-order valence-corrected chi connectivity index (χ3v) is 2.55. The van der Waals surface area contributed by atoms with Crippen molar-refractivity contribution in [3.63, 3.8) is 0 Å². The third-order valence-electron chi connectivity index (χ3n) is 2.19. The van der Waals surface area contributed by atoms with Gasteiger partial charge in [-0.15, -0.1) is 0 Å². The van der Waals surface area contributed by atoms with E-state index in [0.29, 0.717) is 0 Å². The lowest BCUT2D eigenvalue weighted by molar-refractivity contribution is 0.446. The second-order valence-corrected chi connectivity index (χ2v) is 3.76. The molecule has 0 heterocycles. The van der Waals surface area contributed by atoms with Crippen molar-refractivity contribution in [3.8, 4) is 0 Å². The van der Waals surface area contributed by atoms with Crippen LogP contribution in [0.15, 0.2) is 30.3 Å². The smallest absolute Gasteiger partial charge is 0.173 e. The molecule has 0 aromatic heterocycles. The normalized spacial score (nSPS) is 9.73. The van der Waals surface area contributed by atoms with Crippen LogP contribution in [0, 0.1) is 0 Å². The highest BCUT2D eigenvalue weighted by Crippen LogP contribution is 2.06. The molecule has 0 radical (unpaired) electrons. The van der Waals surface area contributed by atoms with E-state index in [4.69, 9.17) is 12.2 Å². The van der Waals surface area contributed by atoms with Crippen LogP contribution in [0.3, 0.4) is 0 Å². The van der Waals surface area contributed by atoms with E-state index in [-0.39, 0.29) is 0 Å². The third kappa shape index (κ3) is 3.88. The van der Waals surface area contributed by atoms with Gasteiger partial charge in [0.1, 0.15) is 0 Å². The van der Waals surface area contributed by atoms with E-state index in [1.807, 2.05) is 30.3 Å². The highest BCUT2D eigenvalue weighted by atomic mass is 32.1. The molecular weight excluding hydrogens is 204 g/mol. The molecule has 1 rings (SSSR count). The zero-order valence-corrected chi connectivity index (χ0v) is 10.2. The number of hydrogen-bond donors (Lipinski definition) is 1. The molecule has 0 spiro atoms. The van der Waals surface area contributed by atoms with E-state index in [1.165, 1.54) is 0 Å². The maximum absolute atomic E-state index is 5.34. The molecule has 0 fully saturated rings. The maximum Gasteiger partial charge on any atom is 0.173 e. The van der Waals surface area contributed by atoms with Crippen LogP contribution in [0.25, 0.3) is 0 Å². The average molecular weight is 222 g/mol. The van der Waals surface area contributed by atoms with Gasteiger partial charge in [-0.05, 0) is 37.7 Å². The van der Waals surface area contributed by atoms with Gasteiger partial charge in [0.15, 0.2) is 5.11 Å². The lowest BCUT2D eigenvalue weighted by Crippen LogP contribution is -2.35. The summed E-state index contributed by atoms with van der Waals surface area (Å²) in [5, 5.41) is 4.05. The Labute approximate surface area is 97.3 Å². The fourth-order valence-corrected chi connectivity index (χ4v) is 1.74. The Kier molecular flexibility index (Phi) is 5.12. The molecule has 1 aromatic carbocycles. The first-order chi connectivity index (χ1) is 7.27. The van der Waals surface area contributed by atoms with Crippen LogP contribution in [0.1, 0.15) is 20.3 Å². The first-order valence-corrected chi connectivity index (χ1v) is 5.79. The quantitative estimate of drug-likeness (QED) is 0.788. The first-order valence-electron chi connectivity index (χ1n) is 5.39. The summed E-state index contributed by atoms with van der Waals surface area (Å²) in [6, 6.07) is 10.0. The average Bonchev–Trinajstić information content (AvgIpc) is 2.27. The van der Waals surface area contributed by atoms with Gasteiger partial charge in [-0.25, -0.2) is 0 Å². The van der Waals surface area contributed by atoms with Crippen LogP contribution >= 0.6 is 12.2 Å². The predicted octanol–water partition coefficient (Wildman–Crippen LogP) is 3.12. The minimum absolute atomic E-state index is 0.811. The summed E-state index contributed by atoms with van der Waals surface area (Å²) in [6.07, 6.45) is 1.12. The van der Waals surface area contributed by atoms with Crippen molar-refractivity contribution >= 4 is 23.0 Å². The molecule has 2 nitrogen and oxygen atoms in total. The van der Waals surface area contributed by atoms with Crippen LogP contribution in [-0.2, 0) is 0 Å². The SMILES string of the molecule is CCCN(CC)C(=S)Nc1ccccc1. The Morgan fingerprint density at radius 3 is 2.47 bits per heavy atom. The van der Waals surface area contributed by atoms with Crippen molar-refractivity contribution in [1.29, 1.82) is 0 Å². The van der Waals surface area contributed by atoms with Crippen molar-refractivity contribution in [1.82, 2.24) is 4.90 Å². The van der Waals surface area contributed by atoms with E-state index in [1.54, 1.807) is 0 Å². The molecule has 1 aromatic rings. The zero-order chi connectivity index (χ0) is 11.1. The zero-order valence-electron chi connectivity index (χ0n) is 9.36. The second kappa shape index (κ2) is 6.40. The van der Waals surface area contributed by atoms with E-state index in [9.17, 15) is 0 Å². The Hall–Kier alpha value is -1.09. The summed E-state index contributed by atoms with van der Waals surface area (Å²) in [5.41, 5.74) is 1.05. The molecule has 3 heteroatoms. The molecular formula is C12H18N2S. The summed E-state index contributed by atoms with van der Waals surface area (Å²) in [4.78, 5) is 2.17. The standard InChI is InChI=1S/C12H18N2S/c1-3-10-14(4-2)12(15)13-11-8-6-5-7-9-11/h5-9H,3-4,10H2,1-2H3,(H,13,15). The van der Waals surface area contributed by atoms with Crippen molar-refractivity contribution in [3.05, 3.63) is 30.3 Å². The largest absolute Gasteiger partial charge is 0.349 e. The Morgan fingerprint density at radius 1 is 1.27 bits per heavy atom. The molecule has 0 aliphatic rings. The summed E-state index contributed by atoms with van der Waals surface area (Å²) in [6.45, 7) is 6.24. The maximum atomic E-state index is 5.34. The molecule has 1 N–H and O–H groups in total. The summed E-state index contributed by atoms with van der Waals surface area (Å²) >= 11 is 5.34. The number of anilines is 1. The molecule has 0 aliphatic carbocycles. The van der Waals surface area contributed by atoms with Crippen molar-refractivity contribution in [2.75, 3.05) is 18.4 Å². The summed E-state index contributed by atoms with van der Waals surface area (Å²) in [7, 11) is 0. The topological polar surface area (TPSA) is 15.3 Å². The minimum atomic E-state index is 0.811. The first kappa shape index (κ1) is 12.0. The number of nitrogens with zero attached hydrogens (tertiary/aromatic N) is 1. The van der Waals surface area contributed by atoms with Crippen LogP contribution in [0.2, 0.25) is 0 Å². The lowest BCUT2D eigenvalue weighted by Gasteiger charge is -2.23. The van der Waals surface area contributed by atoms with Gasteiger partial charge in [0, 0.05) is 18.8 Å². The number of benzene rings is 1. The van der Waals surface area contributed by atoms with Gasteiger partial charge in [0.25, 0.3) is 0 Å². The van der Waals surface area contributed by atoms with Gasteiger partial charge >= 0.3 is 0 Å². The molecule has 0 amide bonds.